The van der Waals surface area contributed by atoms with Gasteiger partial charge in [0.25, 0.3) is 0 Å². The Labute approximate surface area is 178 Å². The molecule has 3 aromatic rings. The van der Waals surface area contributed by atoms with E-state index >= 15 is 0 Å². The number of carbonyl (C=O) groups excluding carboxylic acids is 2. The number of Topliss-reactive ketones (excluding diaryl/α,β-unsaturated/α-hetero) is 1. The molecule has 0 aliphatic carbocycles. The van der Waals surface area contributed by atoms with Gasteiger partial charge in [0.1, 0.15) is 5.54 Å². The van der Waals surface area contributed by atoms with E-state index in [0.29, 0.717) is 16.4 Å². The molecule has 6 heteroatoms. The molecule has 1 N–H and O–H groups in total. The fourth-order valence-electron chi connectivity index (χ4n) is 4.98. The summed E-state index contributed by atoms with van der Waals surface area (Å²) in [6.45, 7) is 0.602. The Hall–Kier alpha value is -2.47. The molecule has 1 aromatic heterocycles. The number of nitrogens with zero attached hydrogens (tertiary/aromatic N) is 1. The van der Waals surface area contributed by atoms with E-state index in [-0.39, 0.29) is 17.6 Å². The van der Waals surface area contributed by atoms with Crippen LogP contribution in [0, 0.1) is 5.92 Å². The lowest BCUT2D eigenvalue weighted by atomic mass is 9.71. The van der Waals surface area contributed by atoms with Crippen LogP contribution in [0.5, 0.6) is 0 Å². The molecule has 3 atom stereocenters. The number of hydrogen-bond donors (Lipinski definition) is 1. The number of likely N-dealkylation sites (tertiary alicyclic amines) is 1. The number of benzene rings is 2. The first-order valence-electron chi connectivity index (χ1n) is 9.49. The number of rotatable bonds is 3. The zero-order valence-corrected chi connectivity index (χ0v) is 17.3. The maximum atomic E-state index is 13.8. The van der Waals surface area contributed by atoms with Crippen LogP contribution < -0.4 is 5.32 Å². The van der Waals surface area contributed by atoms with E-state index in [1.165, 1.54) is 11.3 Å². The third-order valence-electron chi connectivity index (χ3n) is 6.20. The van der Waals surface area contributed by atoms with Gasteiger partial charge < -0.3 is 5.32 Å². The Balaban J connectivity index is 1.73. The molecule has 0 unspecified atom stereocenters. The van der Waals surface area contributed by atoms with E-state index in [1.807, 2.05) is 78.0 Å². The van der Waals surface area contributed by atoms with Gasteiger partial charge in [-0.25, -0.2) is 0 Å². The lowest BCUT2D eigenvalue weighted by molar-refractivity contribution is -0.126. The Morgan fingerprint density at radius 1 is 1.14 bits per heavy atom. The van der Waals surface area contributed by atoms with Gasteiger partial charge in [-0.1, -0.05) is 48.0 Å². The molecule has 0 bridgehead atoms. The second-order valence-electron chi connectivity index (χ2n) is 7.62. The Morgan fingerprint density at radius 2 is 1.90 bits per heavy atom. The van der Waals surface area contributed by atoms with Gasteiger partial charge in [0, 0.05) is 28.7 Å². The summed E-state index contributed by atoms with van der Waals surface area (Å²) in [6, 6.07) is 19.0. The van der Waals surface area contributed by atoms with Crippen molar-refractivity contribution in [2.45, 2.75) is 11.5 Å². The second kappa shape index (κ2) is 6.80. The van der Waals surface area contributed by atoms with E-state index < -0.39 is 11.5 Å². The summed E-state index contributed by atoms with van der Waals surface area (Å²) in [7, 11) is 1.94. The quantitative estimate of drug-likeness (QED) is 0.618. The highest BCUT2D eigenvalue weighted by Crippen LogP contribution is 2.55. The van der Waals surface area contributed by atoms with Crippen molar-refractivity contribution in [3.8, 4) is 0 Å². The van der Waals surface area contributed by atoms with Gasteiger partial charge in [0.05, 0.1) is 10.8 Å². The zero-order chi connectivity index (χ0) is 20.2. The molecule has 5 rings (SSSR count). The molecule has 1 spiro atoms. The van der Waals surface area contributed by atoms with Crippen LogP contribution in [0.4, 0.5) is 5.69 Å². The smallest absolute Gasteiger partial charge is 0.250 e. The molecule has 0 saturated carbocycles. The average Bonchev–Trinajstić information content (AvgIpc) is 3.42. The van der Waals surface area contributed by atoms with Crippen molar-refractivity contribution in [3.05, 3.63) is 87.1 Å². The molecular weight excluding hydrogens is 404 g/mol. The number of amides is 1. The van der Waals surface area contributed by atoms with Gasteiger partial charge in [-0.2, -0.15) is 0 Å². The number of thiophene rings is 1. The van der Waals surface area contributed by atoms with Gasteiger partial charge >= 0.3 is 0 Å². The summed E-state index contributed by atoms with van der Waals surface area (Å²) in [4.78, 5) is 30.0. The lowest BCUT2D eigenvalue weighted by Gasteiger charge is -2.35. The van der Waals surface area contributed by atoms with Crippen molar-refractivity contribution in [3.63, 3.8) is 0 Å². The van der Waals surface area contributed by atoms with Crippen molar-refractivity contribution >= 4 is 40.3 Å². The van der Waals surface area contributed by atoms with Crippen LogP contribution in [0.3, 0.4) is 0 Å². The molecule has 1 saturated heterocycles. The van der Waals surface area contributed by atoms with Crippen molar-refractivity contribution in [2.24, 2.45) is 5.92 Å². The molecule has 0 radical (unpaired) electrons. The van der Waals surface area contributed by atoms with E-state index in [1.54, 1.807) is 0 Å². The Bertz CT molecular complexity index is 1100. The number of ketones is 1. The fourth-order valence-corrected chi connectivity index (χ4v) is 5.81. The van der Waals surface area contributed by atoms with Crippen molar-refractivity contribution < 1.29 is 9.59 Å². The molecule has 4 nitrogen and oxygen atoms in total. The first-order valence-corrected chi connectivity index (χ1v) is 10.7. The van der Waals surface area contributed by atoms with Gasteiger partial charge in [-0.3, -0.25) is 14.5 Å². The van der Waals surface area contributed by atoms with E-state index in [2.05, 4.69) is 5.32 Å². The minimum atomic E-state index is -1.03. The highest BCUT2D eigenvalue weighted by molar-refractivity contribution is 7.12. The van der Waals surface area contributed by atoms with Crippen molar-refractivity contribution in [2.75, 3.05) is 18.9 Å². The Kier molecular flexibility index (Phi) is 4.35. The highest BCUT2D eigenvalue weighted by Gasteiger charge is 2.64. The Morgan fingerprint density at radius 3 is 2.62 bits per heavy atom. The maximum absolute atomic E-state index is 13.8. The SMILES string of the molecule is CN1C[C@H](c2ccc(Cl)cc2)[C@H](C(=O)c2cccs2)[C@@]12C(=O)Nc1ccccc12. The van der Waals surface area contributed by atoms with Gasteiger partial charge in [-0.05, 0) is 42.3 Å². The van der Waals surface area contributed by atoms with Crippen LogP contribution in [-0.2, 0) is 10.3 Å². The standard InChI is InChI=1S/C23H19ClN2O2S/c1-26-13-16(14-8-10-15(24)11-9-14)20(21(27)19-7-4-12-29-19)23(26)17-5-2-3-6-18(17)25-22(23)28/h2-12,16,20H,13H2,1H3,(H,25,28)/t16-,20-,23+/m1/s1. The summed E-state index contributed by atoms with van der Waals surface area (Å²) in [5.41, 5.74) is 1.65. The van der Waals surface area contributed by atoms with Crippen molar-refractivity contribution in [1.82, 2.24) is 4.90 Å². The third kappa shape index (κ3) is 2.61. The van der Waals surface area contributed by atoms with E-state index in [4.69, 9.17) is 11.6 Å². The van der Waals surface area contributed by atoms with Gasteiger partial charge in [0.15, 0.2) is 5.78 Å². The number of para-hydroxylation sites is 1. The monoisotopic (exact) mass is 422 g/mol. The van der Waals surface area contributed by atoms with E-state index in [0.717, 1.165) is 16.8 Å². The second-order valence-corrected chi connectivity index (χ2v) is 9.01. The lowest BCUT2D eigenvalue weighted by Crippen LogP contribution is -2.51. The van der Waals surface area contributed by atoms with Crippen LogP contribution in [0.2, 0.25) is 5.02 Å². The van der Waals surface area contributed by atoms with Gasteiger partial charge in [0.2, 0.25) is 5.91 Å². The van der Waals surface area contributed by atoms with Crippen LogP contribution in [0.15, 0.2) is 66.0 Å². The third-order valence-corrected chi connectivity index (χ3v) is 7.34. The number of hydrogen-bond acceptors (Lipinski definition) is 4. The molecule has 2 aliphatic heterocycles. The van der Waals surface area contributed by atoms with Crippen LogP contribution >= 0.6 is 22.9 Å². The number of fused-ring (bicyclic) bond motifs is 2. The predicted molar refractivity (Wildman–Crippen MR) is 116 cm³/mol. The summed E-state index contributed by atoms with van der Waals surface area (Å²) in [5, 5.41) is 5.58. The normalized spacial score (nSPS) is 25.9. The van der Waals surface area contributed by atoms with Crippen molar-refractivity contribution in [1.29, 1.82) is 0 Å². The summed E-state index contributed by atoms with van der Waals surface area (Å²) < 4.78 is 0. The number of anilines is 1. The molecule has 3 heterocycles. The van der Waals surface area contributed by atoms with Crippen LogP contribution in [-0.4, -0.2) is 30.2 Å². The van der Waals surface area contributed by atoms with Crippen LogP contribution in [0.1, 0.15) is 26.7 Å². The highest BCUT2D eigenvalue weighted by atomic mass is 35.5. The molecular formula is C23H19ClN2O2S. The maximum Gasteiger partial charge on any atom is 0.250 e. The summed E-state index contributed by atoms with van der Waals surface area (Å²) in [5.74, 6) is -0.775. The molecule has 1 amide bonds. The zero-order valence-electron chi connectivity index (χ0n) is 15.8. The number of halogens is 1. The average molecular weight is 423 g/mol. The largest absolute Gasteiger partial charge is 0.324 e. The summed E-state index contributed by atoms with van der Waals surface area (Å²) in [6.07, 6.45) is 0. The molecule has 146 valence electrons. The summed E-state index contributed by atoms with van der Waals surface area (Å²) >= 11 is 7.52. The number of carbonyl (C=O) groups is 2. The number of nitrogens with one attached hydrogen (secondary N) is 1. The predicted octanol–water partition coefficient (Wildman–Crippen LogP) is 4.78. The van der Waals surface area contributed by atoms with Crippen LogP contribution in [0.25, 0.3) is 0 Å². The molecule has 2 aromatic carbocycles. The molecule has 1 fully saturated rings. The first-order chi connectivity index (χ1) is 14.0. The topological polar surface area (TPSA) is 49.4 Å². The van der Waals surface area contributed by atoms with Gasteiger partial charge in [-0.15, -0.1) is 11.3 Å². The molecule has 29 heavy (non-hydrogen) atoms. The molecule has 2 aliphatic rings. The first kappa shape index (κ1) is 18.6. The minimum Gasteiger partial charge on any atom is -0.324 e. The number of likely N-dealkylation sites (N-methyl/N-ethyl adjacent to an activating group) is 1. The minimum absolute atomic E-state index is 0.0103. The van der Waals surface area contributed by atoms with E-state index in [9.17, 15) is 9.59 Å². The fraction of sp³-hybridized carbons (Fsp3) is 0.217.